The summed E-state index contributed by atoms with van der Waals surface area (Å²) < 4.78 is 4.87. The van der Waals surface area contributed by atoms with Crippen LogP contribution in [0.3, 0.4) is 0 Å². The van der Waals surface area contributed by atoms with Gasteiger partial charge in [-0.3, -0.25) is 14.7 Å². The predicted molar refractivity (Wildman–Crippen MR) is 52.6 cm³/mol. The van der Waals surface area contributed by atoms with E-state index in [1.807, 2.05) is 0 Å². The number of rotatable bonds is 1. The molecular weight excluding hydrogens is 201 g/mol. The lowest BCUT2D eigenvalue weighted by Crippen LogP contribution is -2.67. The van der Waals surface area contributed by atoms with Gasteiger partial charge in [0.15, 0.2) is 0 Å². The average Bonchev–Trinajstić information content (AvgIpc) is 2.15. The van der Waals surface area contributed by atoms with E-state index in [0.29, 0.717) is 0 Å². The second-order valence-corrected chi connectivity index (χ2v) is 6.36. The van der Waals surface area contributed by atoms with Crippen LogP contribution in [-0.2, 0) is 9.53 Å². The van der Waals surface area contributed by atoms with Crippen LogP contribution < -0.4 is 0 Å². The van der Waals surface area contributed by atoms with Crippen LogP contribution >= 0.6 is 7.92 Å². The van der Waals surface area contributed by atoms with Gasteiger partial charge in [0, 0.05) is 12.6 Å². The minimum Gasteiger partial charge on any atom is -0.468 e. The number of hydrogen-bond acceptors (Lipinski definition) is 5. The van der Waals surface area contributed by atoms with Crippen LogP contribution in [0.5, 0.6) is 0 Å². The van der Waals surface area contributed by atoms with Crippen molar-refractivity contribution < 1.29 is 9.53 Å². The largest absolute Gasteiger partial charge is 0.468 e. The molecule has 78 valence electrons. The summed E-state index contributed by atoms with van der Waals surface area (Å²) in [7, 11) is 1.27. The summed E-state index contributed by atoms with van der Waals surface area (Å²) in [6.45, 7) is 2.97. The van der Waals surface area contributed by atoms with Gasteiger partial charge in [-0.1, -0.05) is 0 Å². The van der Waals surface area contributed by atoms with Gasteiger partial charge in [0.1, 0.15) is 5.78 Å². The maximum atomic E-state index is 11.6. The number of ether oxygens (including phenoxy) is 1. The molecule has 0 amide bonds. The second-order valence-electron chi connectivity index (χ2n) is 4.12. The molecule has 4 aliphatic rings. The van der Waals surface area contributed by atoms with Gasteiger partial charge < -0.3 is 4.74 Å². The maximum Gasteiger partial charge on any atom is 0.327 e. The van der Waals surface area contributed by atoms with Crippen LogP contribution in [0, 0.1) is 0 Å². The summed E-state index contributed by atoms with van der Waals surface area (Å²) in [4.78, 5) is 18.7. The van der Waals surface area contributed by atoms with E-state index < -0.39 is 0 Å². The van der Waals surface area contributed by atoms with Crippen molar-refractivity contribution >= 4 is 13.9 Å². The van der Waals surface area contributed by atoms with Crippen molar-refractivity contribution in [1.29, 1.82) is 0 Å². The van der Waals surface area contributed by atoms with E-state index in [1.54, 1.807) is 0 Å². The van der Waals surface area contributed by atoms with Crippen molar-refractivity contribution in [2.24, 2.45) is 0 Å². The molecule has 4 bridgehead atoms. The summed E-state index contributed by atoms with van der Waals surface area (Å²) in [5.74, 6) is 0.0418. The summed E-state index contributed by atoms with van der Waals surface area (Å²) in [5, 5.41) is 0. The molecule has 3 atom stereocenters. The van der Waals surface area contributed by atoms with Gasteiger partial charge >= 0.3 is 5.97 Å². The molecular formula is C8H14N3O2P. The Kier molecular flexibility index (Phi) is 2.02. The molecule has 0 saturated carbocycles. The van der Waals surface area contributed by atoms with Crippen LogP contribution in [0.15, 0.2) is 0 Å². The smallest absolute Gasteiger partial charge is 0.327 e. The minimum atomic E-state index is -0.217. The van der Waals surface area contributed by atoms with Crippen molar-refractivity contribution in [2.75, 3.05) is 39.7 Å². The number of methoxy groups -OCH3 is 1. The Bertz CT molecular complexity index is 245. The molecule has 14 heavy (non-hydrogen) atoms. The van der Waals surface area contributed by atoms with E-state index in [-0.39, 0.29) is 19.7 Å². The Morgan fingerprint density at radius 2 is 1.93 bits per heavy atom. The van der Waals surface area contributed by atoms with Gasteiger partial charge in [-0.2, -0.15) is 0 Å². The number of hydrogen-bond donors (Lipinski definition) is 0. The molecule has 4 aliphatic heterocycles. The van der Waals surface area contributed by atoms with E-state index in [1.165, 1.54) is 7.11 Å². The van der Waals surface area contributed by atoms with Crippen molar-refractivity contribution in [1.82, 2.24) is 14.7 Å². The molecule has 4 fully saturated rings. The van der Waals surface area contributed by atoms with Crippen molar-refractivity contribution in [3.05, 3.63) is 0 Å². The number of esters is 1. The van der Waals surface area contributed by atoms with Crippen LogP contribution in [0.25, 0.3) is 0 Å². The topological polar surface area (TPSA) is 36.0 Å². The van der Waals surface area contributed by atoms with Gasteiger partial charge in [-0.15, -0.1) is 0 Å². The van der Waals surface area contributed by atoms with Crippen LogP contribution in [-0.4, -0.2) is 66.1 Å². The van der Waals surface area contributed by atoms with Crippen LogP contribution in [0.4, 0.5) is 0 Å². The highest BCUT2D eigenvalue weighted by molar-refractivity contribution is 7.59. The van der Waals surface area contributed by atoms with Crippen molar-refractivity contribution in [3.8, 4) is 0 Å². The normalized spacial score (nSPS) is 49.4. The fourth-order valence-corrected chi connectivity index (χ4v) is 5.41. The minimum absolute atomic E-state index is 0.0303. The summed E-state index contributed by atoms with van der Waals surface area (Å²) in [5.41, 5.74) is 0. The van der Waals surface area contributed by atoms with E-state index in [2.05, 4.69) is 14.7 Å². The lowest BCUT2D eigenvalue weighted by molar-refractivity contribution is -0.149. The molecule has 0 spiro atoms. The molecule has 6 heteroatoms. The summed E-state index contributed by atoms with van der Waals surface area (Å²) in [6.07, 6.45) is 2.23. The Morgan fingerprint density at radius 1 is 1.29 bits per heavy atom. The Labute approximate surface area is 84.3 Å². The Morgan fingerprint density at radius 3 is 2.43 bits per heavy atom. The summed E-state index contributed by atoms with van der Waals surface area (Å²) >= 11 is 0. The fraction of sp³-hybridized carbons (Fsp3) is 0.875. The van der Waals surface area contributed by atoms with Crippen molar-refractivity contribution in [3.63, 3.8) is 0 Å². The zero-order valence-electron chi connectivity index (χ0n) is 8.22. The standard InChI is InChI=1S/C8H14N3O2P/c1-13-8(12)7-11-3-9-2-10(4-11)6-14(7)5-9/h7H,2-6H2,1H3. The third-order valence-corrected chi connectivity index (χ3v) is 5.79. The molecule has 0 aromatic carbocycles. The molecule has 5 nitrogen and oxygen atoms in total. The van der Waals surface area contributed by atoms with E-state index in [4.69, 9.17) is 4.74 Å². The molecule has 0 aromatic rings. The molecule has 0 radical (unpaired) electrons. The number of carbonyl (C=O) groups excluding carboxylic acids is 1. The van der Waals surface area contributed by atoms with Gasteiger partial charge in [-0.25, -0.2) is 4.79 Å². The van der Waals surface area contributed by atoms with Crippen LogP contribution in [0.1, 0.15) is 0 Å². The van der Waals surface area contributed by atoms with E-state index >= 15 is 0 Å². The zero-order chi connectivity index (χ0) is 9.71. The first kappa shape index (κ1) is 9.04. The van der Waals surface area contributed by atoms with Crippen LogP contribution in [0.2, 0.25) is 0 Å². The highest BCUT2D eigenvalue weighted by Gasteiger charge is 2.48. The van der Waals surface area contributed by atoms with Crippen molar-refractivity contribution in [2.45, 2.75) is 5.78 Å². The highest BCUT2D eigenvalue weighted by Crippen LogP contribution is 2.52. The number of carbonyl (C=O) groups is 1. The second kappa shape index (κ2) is 3.14. The van der Waals surface area contributed by atoms with Gasteiger partial charge in [0.25, 0.3) is 0 Å². The third kappa shape index (κ3) is 1.20. The molecule has 0 N–H and O–H groups in total. The van der Waals surface area contributed by atoms with E-state index in [9.17, 15) is 4.79 Å². The molecule has 4 saturated heterocycles. The first-order valence-electron chi connectivity index (χ1n) is 4.78. The van der Waals surface area contributed by atoms with Gasteiger partial charge in [0.2, 0.25) is 0 Å². The number of nitrogens with zero attached hydrogens (tertiary/aromatic N) is 3. The maximum absolute atomic E-state index is 11.6. The molecule has 0 aliphatic carbocycles. The van der Waals surface area contributed by atoms with Gasteiger partial charge in [0.05, 0.1) is 27.1 Å². The average molecular weight is 215 g/mol. The highest BCUT2D eigenvalue weighted by atomic mass is 31.1. The Balaban J connectivity index is 1.84. The van der Waals surface area contributed by atoms with Gasteiger partial charge in [-0.05, 0) is 7.92 Å². The third-order valence-electron chi connectivity index (χ3n) is 3.03. The molecule has 4 heterocycles. The lowest BCUT2D eigenvalue weighted by Gasteiger charge is -2.57. The lowest BCUT2D eigenvalue weighted by atomic mass is 10.4. The quantitative estimate of drug-likeness (QED) is 0.443. The molecule has 3 unspecified atom stereocenters. The summed E-state index contributed by atoms with van der Waals surface area (Å²) in [6, 6.07) is 0. The molecule has 4 rings (SSSR count). The molecule has 0 aromatic heterocycles. The first-order valence-corrected chi connectivity index (χ1v) is 6.57. The predicted octanol–water partition coefficient (Wildman–Crippen LogP) is -0.298. The SMILES string of the molecule is COC(=O)C1N2CN3CN(C2)CP1C3. The first-order chi connectivity index (χ1) is 6.78. The monoisotopic (exact) mass is 215 g/mol. The zero-order valence-corrected chi connectivity index (χ0v) is 9.11. The Hall–Kier alpha value is -0.220. The van der Waals surface area contributed by atoms with E-state index in [0.717, 1.165) is 32.6 Å². The fourth-order valence-electron chi connectivity index (χ4n) is 2.61.